The van der Waals surface area contributed by atoms with Crippen LogP contribution in [0.25, 0.3) is 11.0 Å². The van der Waals surface area contributed by atoms with Crippen LogP contribution in [-0.2, 0) is 0 Å². The van der Waals surface area contributed by atoms with Gasteiger partial charge in [0.2, 0.25) is 0 Å². The van der Waals surface area contributed by atoms with Gasteiger partial charge in [-0.05, 0) is 31.0 Å². The zero-order chi connectivity index (χ0) is 11.8. The van der Waals surface area contributed by atoms with Crippen LogP contribution in [0.2, 0.25) is 0 Å². The highest BCUT2D eigenvalue weighted by Gasteiger charge is 2.23. The summed E-state index contributed by atoms with van der Waals surface area (Å²) in [6.45, 7) is 0. The lowest BCUT2D eigenvalue weighted by Gasteiger charge is -2.04. The molecule has 1 aromatic heterocycles. The number of carbonyl (C=O) groups is 1. The second kappa shape index (κ2) is 3.87. The van der Waals surface area contributed by atoms with Gasteiger partial charge in [-0.2, -0.15) is 0 Å². The minimum atomic E-state index is -0.912. The van der Waals surface area contributed by atoms with E-state index in [4.69, 9.17) is 9.63 Å². The SMILES string of the molecule is O=C(O)c1ccc2onc(C3CCCC3)c2c1. The minimum absolute atomic E-state index is 0.292. The molecule has 1 aliphatic rings. The zero-order valence-corrected chi connectivity index (χ0v) is 9.35. The molecule has 1 heterocycles. The van der Waals surface area contributed by atoms with Gasteiger partial charge in [0, 0.05) is 11.3 Å². The van der Waals surface area contributed by atoms with Crippen molar-refractivity contribution in [3.8, 4) is 0 Å². The van der Waals surface area contributed by atoms with E-state index in [1.165, 1.54) is 12.8 Å². The van der Waals surface area contributed by atoms with Gasteiger partial charge >= 0.3 is 5.97 Å². The number of nitrogens with zero attached hydrogens (tertiary/aromatic N) is 1. The first-order valence-electron chi connectivity index (χ1n) is 5.88. The van der Waals surface area contributed by atoms with E-state index < -0.39 is 5.97 Å². The van der Waals surface area contributed by atoms with Crippen LogP contribution in [-0.4, -0.2) is 16.2 Å². The maximum Gasteiger partial charge on any atom is 0.335 e. The number of rotatable bonds is 2. The van der Waals surface area contributed by atoms with Crippen molar-refractivity contribution in [1.29, 1.82) is 0 Å². The van der Waals surface area contributed by atoms with Crippen molar-refractivity contribution in [2.45, 2.75) is 31.6 Å². The van der Waals surface area contributed by atoms with Crippen LogP contribution in [0.15, 0.2) is 22.7 Å². The first kappa shape index (κ1) is 10.3. The summed E-state index contributed by atoms with van der Waals surface area (Å²) in [6.07, 6.45) is 4.69. The van der Waals surface area contributed by atoms with Crippen molar-refractivity contribution >= 4 is 16.9 Å². The quantitative estimate of drug-likeness (QED) is 0.862. The van der Waals surface area contributed by atoms with Gasteiger partial charge in [-0.3, -0.25) is 0 Å². The largest absolute Gasteiger partial charge is 0.478 e. The summed E-state index contributed by atoms with van der Waals surface area (Å²) in [5, 5.41) is 14.0. The van der Waals surface area contributed by atoms with Crippen LogP contribution in [0.5, 0.6) is 0 Å². The minimum Gasteiger partial charge on any atom is -0.478 e. The highest BCUT2D eigenvalue weighted by Crippen LogP contribution is 2.37. The Morgan fingerprint density at radius 2 is 2.12 bits per heavy atom. The van der Waals surface area contributed by atoms with E-state index in [-0.39, 0.29) is 0 Å². The van der Waals surface area contributed by atoms with E-state index in [0.29, 0.717) is 17.1 Å². The summed E-state index contributed by atoms with van der Waals surface area (Å²) in [5.74, 6) is -0.481. The molecule has 1 aromatic carbocycles. The maximum absolute atomic E-state index is 10.9. The fourth-order valence-electron chi connectivity index (χ4n) is 2.58. The molecule has 0 spiro atoms. The number of aromatic carboxylic acids is 1. The van der Waals surface area contributed by atoms with Crippen molar-refractivity contribution in [2.24, 2.45) is 0 Å². The monoisotopic (exact) mass is 231 g/mol. The van der Waals surface area contributed by atoms with E-state index in [1.807, 2.05) is 0 Å². The third-order valence-electron chi connectivity index (χ3n) is 3.49. The summed E-state index contributed by atoms with van der Waals surface area (Å²) < 4.78 is 5.25. The molecular weight excluding hydrogens is 218 g/mol. The molecule has 0 atom stereocenters. The molecule has 4 heteroatoms. The summed E-state index contributed by atoms with van der Waals surface area (Å²) in [5.41, 5.74) is 1.90. The highest BCUT2D eigenvalue weighted by molar-refractivity contribution is 5.93. The molecular formula is C13H13NO3. The van der Waals surface area contributed by atoms with Crippen LogP contribution in [0.3, 0.4) is 0 Å². The van der Waals surface area contributed by atoms with Gasteiger partial charge in [0.15, 0.2) is 5.58 Å². The number of carboxylic acid groups (broad SMARTS) is 1. The third-order valence-corrected chi connectivity index (χ3v) is 3.49. The Hall–Kier alpha value is -1.84. The number of benzene rings is 1. The highest BCUT2D eigenvalue weighted by atomic mass is 16.5. The van der Waals surface area contributed by atoms with Crippen molar-refractivity contribution in [3.63, 3.8) is 0 Å². The van der Waals surface area contributed by atoms with Crippen molar-refractivity contribution in [2.75, 3.05) is 0 Å². The van der Waals surface area contributed by atoms with Crippen LogP contribution >= 0.6 is 0 Å². The van der Waals surface area contributed by atoms with E-state index in [0.717, 1.165) is 23.9 Å². The first-order chi connectivity index (χ1) is 8.25. The lowest BCUT2D eigenvalue weighted by molar-refractivity contribution is 0.0697. The molecule has 1 fully saturated rings. The molecule has 4 nitrogen and oxygen atoms in total. The smallest absolute Gasteiger partial charge is 0.335 e. The molecule has 17 heavy (non-hydrogen) atoms. The summed E-state index contributed by atoms with van der Waals surface area (Å²) in [7, 11) is 0. The molecule has 1 saturated carbocycles. The lowest BCUT2D eigenvalue weighted by atomic mass is 9.99. The predicted octanol–water partition coefficient (Wildman–Crippen LogP) is 3.18. The maximum atomic E-state index is 10.9. The molecule has 0 saturated heterocycles. The zero-order valence-electron chi connectivity index (χ0n) is 9.35. The molecule has 0 aliphatic heterocycles. The van der Waals surface area contributed by atoms with Gasteiger partial charge in [-0.25, -0.2) is 4.79 Å². The van der Waals surface area contributed by atoms with Gasteiger partial charge in [-0.15, -0.1) is 0 Å². The van der Waals surface area contributed by atoms with Crippen LogP contribution < -0.4 is 0 Å². The number of carboxylic acids is 1. The average Bonchev–Trinajstić information content (AvgIpc) is 2.96. The Kier molecular flexibility index (Phi) is 2.35. The second-order valence-electron chi connectivity index (χ2n) is 4.57. The molecule has 88 valence electrons. The number of hydrogen-bond acceptors (Lipinski definition) is 3. The molecule has 0 unspecified atom stereocenters. The molecule has 0 amide bonds. The van der Waals surface area contributed by atoms with E-state index in [9.17, 15) is 4.79 Å². The summed E-state index contributed by atoms with van der Waals surface area (Å²) in [6, 6.07) is 4.90. The standard InChI is InChI=1S/C13H13NO3/c15-13(16)9-5-6-11-10(7-9)12(14-17-11)8-3-1-2-4-8/h5-8H,1-4H2,(H,15,16). The van der Waals surface area contributed by atoms with Gasteiger partial charge in [0.05, 0.1) is 11.3 Å². The van der Waals surface area contributed by atoms with Crippen LogP contribution in [0, 0.1) is 0 Å². The van der Waals surface area contributed by atoms with E-state index in [2.05, 4.69) is 5.16 Å². The van der Waals surface area contributed by atoms with E-state index in [1.54, 1.807) is 18.2 Å². The Bertz CT molecular complexity index is 567. The molecule has 0 radical (unpaired) electrons. The molecule has 1 aliphatic carbocycles. The van der Waals surface area contributed by atoms with Gasteiger partial charge in [0.25, 0.3) is 0 Å². The molecule has 2 aromatic rings. The van der Waals surface area contributed by atoms with Crippen LogP contribution in [0.4, 0.5) is 0 Å². The normalized spacial score (nSPS) is 16.7. The Labute approximate surface area is 98.2 Å². The Morgan fingerprint density at radius 3 is 2.82 bits per heavy atom. The lowest BCUT2D eigenvalue weighted by Crippen LogP contribution is -1.97. The predicted molar refractivity (Wildman–Crippen MR) is 62.2 cm³/mol. The second-order valence-corrected chi connectivity index (χ2v) is 4.57. The van der Waals surface area contributed by atoms with Crippen molar-refractivity contribution < 1.29 is 14.4 Å². The fourth-order valence-corrected chi connectivity index (χ4v) is 2.58. The van der Waals surface area contributed by atoms with Gasteiger partial charge in [0.1, 0.15) is 0 Å². The van der Waals surface area contributed by atoms with Crippen LogP contribution in [0.1, 0.15) is 47.7 Å². The van der Waals surface area contributed by atoms with Crippen molar-refractivity contribution in [3.05, 3.63) is 29.5 Å². The average molecular weight is 231 g/mol. The number of fused-ring (bicyclic) bond motifs is 1. The Morgan fingerprint density at radius 1 is 1.35 bits per heavy atom. The van der Waals surface area contributed by atoms with Crippen molar-refractivity contribution in [1.82, 2.24) is 5.16 Å². The first-order valence-corrected chi connectivity index (χ1v) is 5.88. The van der Waals surface area contributed by atoms with Gasteiger partial charge < -0.3 is 9.63 Å². The van der Waals surface area contributed by atoms with Gasteiger partial charge in [-0.1, -0.05) is 18.0 Å². The summed E-state index contributed by atoms with van der Waals surface area (Å²) in [4.78, 5) is 10.9. The molecule has 3 rings (SSSR count). The summed E-state index contributed by atoms with van der Waals surface area (Å²) >= 11 is 0. The van der Waals surface area contributed by atoms with E-state index >= 15 is 0 Å². The molecule has 1 N–H and O–H groups in total. The number of hydrogen-bond donors (Lipinski definition) is 1. The number of aromatic nitrogens is 1. The third kappa shape index (κ3) is 1.69. The Balaban J connectivity index is 2.11. The molecule has 0 bridgehead atoms. The topological polar surface area (TPSA) is 63.3 Å². The fraction of sp³-hybridized carbons (Fsp3) is 0.385.